The van der Waals surface area contributed by atoms with Gasteiger partial charge in [-0.05, 0) is 43.7 Å². The summed E-state index contributed by atoms with van der Waals surface area (Å²) in [7, 11) is 0. The lowest BCUT2D eigenvalue weighted by Crippen LogP contribution is -2.39. The monoisotopic (exact) mass is 371 g/mol. The van der Waals surface area contributed by atoms with Crippen LogP contribution >= 0.6 is 0 Å². The molecule has 4 rings (SSSR count). The number of anilines is 1. The lowest BCUT2D eigenvalue weighted by atomic mass is 10.00. The lowest BCUT2D eigenvalue weighted by Gasteiger charge is -2.32. The molecule has 0 N–H and O–H groups in total. The molecule has 0 saturated carbocycles. The smallest absolute Gasteiger partial charge is 0.251 e. The number of pyridine rings is 1. The molecule has 27 heavy (non-hydrogen) atoms. The van der Waals surface area contributed by atoms with E-state index in [0.29, 0.717) is 19.6 Å². The Bertz CT molecular complexity index is 869. The Morgan fingerprint density at radius 2 is 1.89 bits per heavy atom. The second kappa shape index (κ2) is 6.91. The highest BCUT2D eigenvalue weighted by molar-refractivity contribution is 6.15. The zero-order chi connectivity index (χ0) is 19.0. The van der Waals surface area contributed by atoms with Gasteiger partial charge < -0.3 is 9.64 Å². The summed E-state index contributed by atoms with van der Waals surface area (Å²) in [5, 5.41) is 0. The maximum Gasteiger partial charge on any atom is 0.251 e. The summed E-state index contributed by atoms with van der Waals surface area (Å²) in [5.41, 5.74) is 4.09. The third-order valence-corrected chi connectivity index (χ3v) is 4.95. The van der Waals surface area contributed by atoms with Crippen LogP contribution in [-0.4, -0.2) is 35.8 Å². The van der Waals surface area contributed by atoms with Crippen LogP contribution in [0.5, 0.6) is 5.75 Å². The molecule has 4 nitrogen and oxygen atoms in total. The molecule has 3 heterocycles. The Balaban J connectivity index is 1.59. The topological polar surface area (TPSA) is 37.7 Å². The summed E-state index contributed by atoms with van der Waals surface area (Å²) in [6.07, 6.45) is 1.58. The molecule has 6 heteroatoms. The van der Waals surface area contributed by atoms with Crippen LogP contribution in [0.2, 0.25) is 0 Å². The van der Waals surface area contributed by atoms with Crippen molar-refractivity contribution in [1.29, 1.82) is 0 Å². The van der Waals surface area contributed by atoms with Gasteiger partial charge in [0.25, 0.3) is 5.92 Å². The molecule has 0 spiro atoms. The van der Waals surface area contributed by atoms with Gasteiger partial charge in [0, 0.05) is 43.3 Å². The van der Waals surface area contributed by atoms with E-state index in [1.807, 2.05) is 43.0 Å². The molecule has 0 unspecified atom stereocenters. The molecular weight excluding hydrogens is 348 g/mol. The molecule has 0 amide bonds. The number of fused-ring (bicyclic) bond motifs is 1. The predicted molar refractivity (Wildman–Crippen MR) is 102 cm³/mol. The molecule has 2 aromatic rings. The summed E-state index contributed by atoms with van der Waals surface area (Å²) in [5.74, 6) is -1.00. The van der Waals surface area contributed by atoms with Crippen LogP contribution in [0.25, 0.3) is 0 Å². The Morgan fingerprint density at radius 3 is 2.63 bits per heavy atom. The van der Waals surface area contributed by atoms with Crippen molar-refractivity contribution in [3.05, 3.63) is 53.2 Å². The van der Waals surface area contributed by atoms with Crippen molar-refractivity contribution in [1.82, 2.24) is 4.98 Å². The predicted octanol–water partition coefficient (Wildman–Crippen LogP) is 4.46. The van der Waals surface area contributed by atoms with Gasteiger partial charge in [0.1, 0.15) is 11.6 Å². The fraction of sp³-hybridized carbons (Fsp3) is 0.429. The number of halogens is 2. The van der Waals surface area contributed by atoms with E-state index in [4.69, 9.17) is 9.73 Å². The lowest BCUT2D eigenvalue weighted by molar-refractivity contribution is -0.0221. The first-order valence-corrected chi connectivity index (χ1v) is 9.35. The third kappa shape index (κ3) is 3.80. The van der Waals surface area contributed by atoms with Gasteiger partial charge in [0.2, 0.25) is 0 Å². The van der Waals surface area contributed by atoms with Crippen molar-refractivity contribution < 1.29 is 13.5 Å². The molecule has 2 aliphatic rings. The molecular formula is C21H23F2N3O. The van der Waals surface area contributed by atoms with Crippen LogP contribution in [-0.2, 0) is 6.54 Å². The van der Waals surface area contributed by atoms with E-state index in [0.717, 1.165) is 34.0 Å². The molecule has 142 valence electrons. The largest absolute Gasteiger partial charge is 0.491 e. The fourth-order valence-electron chi connectivity index (χ4n) is 3.56. The van der Waals surface area contributed by atoms with Gasteiger partial charge in [0.05, 0.1) is 18.4 Å². The molecule has 0 bridgehead atoms. The number of hydrogen-bond acceptors (Lipinski definition) is 4. The van der Waals surface area contributed by atoms with Crippen LogP contribution in [0.4, 0.5) is 14.6 Å². The number of alkyl halides is 2. The van der Waals surface area contributed by atoms with E-state index in [1.54, 1.807) is 6.20 Å². The molecule has 0 radical (unpaired) electrons. The number of hydrogen-bond donors (Lipinski definition) is 0. The number of rotatable bonds is 4. The molecule has 1 fully saturated rings. The summed E-state index contributed by atoms with van der Waals surface area (Å²) in [6, 6.07) is 9.93. The first kappa shape index (κ1) is 17.9. The van der Waals surface area contributed by atoms with Crippen LogP contribution in [0.1, 0.15) is 43.4 Å². The van der Waals surface area contributed by atoms with Gasteiger partial charge in [-0.2, -0.15) is 0 Å². The standard InChI is InChI=1S/C21H23F2N3O/c1-14(2)27-17-4-3-16-13-25-20(18(16)12-17)15-5-8-24-19(11-15)26-9-6-21(22,23)7-10-26/h3-5,8,11-12,14H,6-7,9-10,13H2,1-2H3. The molecule has 1 aromatic heterocycles. The minimum atomic E-state index is -2.56. The molecule has 1 aromatic carbocycles. The zero-order valence-electron chi connectivity index (χ0n) is 15.6. The van der Waals surface area contributed by atoms with E-state index in [9.17, 15) is 8.78 Å². The van der Waals surface area contributed by atoms with Gasteiger partial charge in [0.15, 0.2) is 0 Å². The quantitative estimate of drug-likeness (QED) is 0.797. The van der Waals surface area contributed by atoms with Crippen molar-refractivity contribution in [3.63, 3.8) is 0 Å². The molecule has 2 aliphatic heterocycles. The first-order chi connectivity index (χ1) is 12.9. The Labute approximate surface area is 157 Å². The first-order valence-electron chi connectivity index (χ1n) is 9.35. The average Bonchev–Trinajstić information content (AvgIpc) is 3.04. The maximum atomic E-state index is 13.4. The van der Waals surface area contributed by atoms with E-state index < -0.39 is 5.92 Å². The normalized spacial score (nSPS) is 18.4. The zero-order valence-corrected chi connectivity index (χ0v) is 15.6. The highest BCUT2D eigenvalue weighted by Crippen LogP contribution is 2.31. The average molecular weight is 371 g/mol. The minimum absolute atomic E-state index is 0.106. The van der Waals surface area contributed by atoms with Crippen LogP contribution in [0.3, 0.4) is 0 Å². The van der Waals surface area contributed by atoms with E-state index in [1.165, 1.54) is 0 Å². The summed E-state index contributed by atoms with van der Waals surface area (Å²) in [4.78, 5) is 11.0. The van der Waals surface area contributed by atoms with Crippen LogP contribution in [0.15, 0.2) is 41.5 Å². The number of aromatic nitrogens is 1. The Morgan fingerprint density at radius 1 is 1.11 bits per heavy atom. The van der Waals surface area contributed by atoms with Gasteiger partial charge in [-0.3, -0.25) is 4.99 Å². The molecule has 1 saturated heterocycles. The third-order valence-electron chi connectivity index (χ3n) is 4.95. The highest BCUT2D eigenvalue weighted by atomic mass is 19.3. The maximum absolute atomic E-state index is 13.4. The van der Waals surface area contributed by atoms with Crippen molar-refractivity contribution in [3.8, 4) is 5.75 Å². The van der Waals surface area contributed by atoms with Gasteiger partial charge in [-0.1, -0.05) is 6.07 Å². The van der Waals surface area contributed by atoms with Gasteiger partial charge in [-0.15, -0.1) is 0 Å². The summed E-state index contributed by atoms with van der Waals surface area (Å²) in [6.45, 7) is 5.27. The van der Waals surface area contributed by atoms with Gasteiger partial charge in [-0.25, -0.2) is 13.8 Å². The van der Waals surface area contributed by atoms with Crippen LogP contribution < -0.4 is 9.64 Å². The number of nitrogens with zero attached hydrogens (tertiary/aromatic N) is 3. The fourth-order valence-corrected chi connectivity index (χ4v) is 3.56. The highest BCUT2D eigenvalue weighted by Gasteiger charge is 2.34. The van der Waals surface area contributed by atoms with Crippen molar-refractivity contribution in [2.75, 3.05) is 18.0 Å². The second-order valence-corrected chi connectivity index (χ2v) is 7.40. The Hall–Kier alpha value is -2.50. The summed E-state index contributed by atoms with van der Waals surface area (Å²) < 4.78 is 32.7. The Kier molecular flexibility index (Phi) is 4.58. The van der Waals surface area contributed by atoms with Crippen molar-refractivity contribution in [2.45, 2.75) is 45.3 Å². The SMILES string of the molecule is CC(C)Oc1ccc2c(c1)C(c1ccnc(N3CCC(F)(F)CC3)c1)=NC2. The molecule has 0 atom stereocenters. The number of piperidine rings is 1. The van der Waals surface area contributed by atoms with Crippen molar-refractivity contribution in [2.24, 2.45) is 4.99 Å². The summed E-state index contributed by atoms with van der Waals surface area (Å²) >= 11 is 0. The van der Waals surface area contributed by atoms with E-state index in [2.05, 4.69) is 11.1 Å². The number of aliphatic imine (C=N–C) groups is 1. The molecule has 0 aliphatic carbocycles. The van der Waals surface area contributed by atoms with Crippen molar-refractivity contribution >= 4 is 11.5 Å². The second-order valence-electron chi connectivity index (χ2n) is 7.40. The number of ether oxygens (including phenoxy) is 1. The van der Waals surface area contributed by atoms with Crippen LogP contribution in [0, 0.1) is 0 Å². The van der Waals surface area contributed by atoms with E-state index >= 15 is 0 Å². The minimum Gasteiger partial charge on any atom is -0.491 e. The van der Waals surface area contributed by atoms with Gasteiger partial charge >= 0.3 is 0 Å². The number of benzene rings is 1. The van der Waals surface area contributed by atoms with E-state index in [-0.39, 0.29) is 18.9 Å².